The van der Waals surface area contributed by atoms with Gasteiger partial charge in [-0.15, -0.1) is 0 Å². The molecular formula is C15H26N2O. The van der Waals surface area contributed by atoms with Crippen LogP contribution in [0.2, 0.25) is 0 Å². The fraction of sp³-hybridized carbons (Fsp3) is 0.667. The van der Waals surface area contributed by atoms with Crippen molar-refractivity contribution < 1.29 is 4.74 Å². The average molecular weight is 250 g/mol. The van der Waals surface area contributed by atoms with E-state index >= 15 is 0 Å². The van der Waals surface area contributed by atoms with Crippen molar-refractivity contribution in [3.05, 3.63) is 24.0 Å². The lowest BCUT2D eigenvalue weighted by Crippen LogP contribution is -2.36. The van der Waals surface area contributed by atoms with Crippen molar-refractivity contribution in [2.24, 2.45) is 11.3 Å². The molecule has 18 heavy (non-hydrogen) atoms. The van der Waals surface area contributed by atoms with Gasteiger partial charge in [0.05, 0.1) is 12.3 Å². The maximum absolute atomic E-state index is 5.86. The molecule has 1 aromatic rings. The number of aromatic nitrogens is 1. The zero-order valence-corrected chi connectivity index (χ0v) is 12.3. The Morgan fingerprint density at radius 2 is 2.11 bits per heavy atom. The average Bonchev–Trinajstić information content (AvgIpc) is 2.27. The minimum Gasteiger partial charge on any atom is -0.491 e. The van der Waals surface area contributed by atoms with Crippen LogP contribution < -0.4 is 10.1 Å². The number of pyridine rings is 1. The number of aryl methyl sites for hydroxylation is 1. The highest BCUT2D eigenvalue weighted by molar-refractivity contribution is 5.25. The van der Waals surface area contributed by atoms with Crippen LogP contribution in [-0.4, -0.2) is 24.7 Å². The highest BCUT2D eigenvalue weighted by Gasteiger charge is 2.19. The highest BCUT2D eigenvalue weighted by Crippen LogP contribution is 2.19. The van der Waals surface area contributed by atoms with Crippen LogP contribution in [0.4, 0.5) is 0 Å². The molecular weight excluding hydrogens is 224 g/mol. The Hall–Kier alpha value is -1.09. The second-order valence-electron chi connectivity index (χ2n) is 6.06. The van der Waals surface area contributed by atoms with Crippen LogP contribution in [-0.2, 0) is 0 Å². The first-order valence-electron chi connectivity index (χ1n) is 6.66. The number of ether oxygens (including phenoxy) is 1. The molecule has 0 radical (unpaired) electrons. The summed E-state index contributed by atoms with van der Waals surface area (Å²) in [5.41, 5.74) is 1.07. The third-order valence-electron chi connectivity index (χ3n) is 2.73. The van der Waals surface area contributed by atoms with Crippen molar-refractivity contribution in [3.8, 4) is 5.75 Å². The van der Waals surface area contributed by atoms with E-state index in [2.05, 4.69) is 38.0 Å². The third-order valence-corrected chi connectivity index (χ3v) is 2.73. The predicted molar refractivity (Wildman–Crippen MR) is 76.0 cm³/mol. The first kappa shape index (κ1) is 15.0. The van der Waals surface area contributed by atoms with Crippen molar-refractivity contribution >= 4 is 0 Å². The smallest absolute Gasteiger partial charge is 0.140 e. The molecule has 102 valence electrons. The molecule has 0 aliphatic heterocycles. The quantitative estimate of drug-likeness (QED) is 0.807. The van der Waals surface area contributed by atoms with Gasteiger partial charge in [-0.05, 0) is 31.5 Å². The summed E-state index contributed by atoms with van der Waals surface area (Å²) in [5, 5.41) is 3.48. The van der Waals surface area contributed by atoms with Crippen LogP contribution in [0.5, 0.6) is 5.75 Å². The van der Waals surface area contributed by atoms with Crippen molar-refractivity contribution in [3.63, 3.8) is 0 Å². The maximum Gasteiger partial charge on any atom is 0.140 e. The van der Waals surface area contributed by atoms with Crippen molar-refractivity contribution in [1.29, 1.82) is 0 Å². The Morgan fingerprint density at radius 3 is 2.72 bits per heavy atom. The molecule has 0 atom stereocenters. The largest absolute Gasteiger partial charge is 0.491 e. The van der Waals surface area contributed by atoms with E-state index in [1.165, 1.54) is 0 Å². The molecule has 0 unspecified atom stereocenters. The molecule has 3 heteroatoms. The van der Waals surface area contributed by atoms with Gasteiger partial charge in [-0.3, -0.25) is 4.98 Å². The number of hydrogen-bond donors (Lipinski definition) is 1. The van der Waals surface area contributed by atoms with Gasteiger partial charge in [-0.1, -0.05) is 27.7 Å². The monoisotopic (exact) mass is 250 g/mol. The van der Waals surface area contributed by atoms with Gasteiger partial charge in [0.2, 0.25) is 0 Å². The molecule has 0 amide bonds. The standard InChI is InChI=1S/C15H26N2O/c1-12(2)9-16-10-15(4,5)11-18-14-7-6-8-17-13(14)3/h6-8,12,16H,9-11H2,1-5H3. The summed E-state index contributed by atoms with van der Waals surface area (Å²) >= 11 is 0. The van der Waals surface area contributed by atoms with E-state index in [-0.39, 0.29) is 5.41 Å². The number of nitrogens with one attached hydrogen (secondary N) is 1. The van der Waals surface area contributed by atoms with Crippen LogP contribution in [0.15, 0.2) is 18.3 Å². The summed E-state index contributed by atoms with van der Waals surface area (Å²) in [6.45, 7) is 13.5. The van der Waals surface area contributed by atoms with Crippen molar-refractivity contribution in [2.75, 3.05) is 19.7 Å². The van der Waals surface area contributed by atoms with Gasteiger partial charge in [0, 0.05) is 18.2 Å². The minimum atomic E-state index is 0.122. The van der Waals surface area contributed by atoms with Gasteiger partial charge in [0.15, 0.2) is 0 Å². The summed E-state index contributed by atoms with van der Waals surface area (Å²) in [4.78, 5) is 4.22. The molecule has 0 bridgehead atoms. The van der Waals surface area contributed by atoms with E-state index in [1.807, 2.05) is 19.1 Å². The Balaban J connectivity index is 2.39. The molecule has 0 fully saturated rings. The number of hydrogen-bond acceptors (Lipinski definition) is 3. The van der Waals surface area contributed by atoms with Crippen LogP contribution in [0.1, 0.15) is 33.4 Å². The first-order valence-corrected chi connectivity index (χ1v) is 6.66. The normalized spacial score (nSPS) is 11.9. The van der Waals surface area contributed by atoms with E-state index in [4.69, 9.17) is 4.74 Å². The molecule has 0 aromatic carbocycles. The Bertz CT molecular complexity index is 361. The first-order chi connectivity index (χ1) is 8.41. The third kappa shape index (κ3) is 5.50. The minimum absolute atomic E-state index is 0.122. The van der Waals surface area contributed by atoms with E-state index < -0.39 is 0 Å². The van der Waals surface area contributed by atoms with E-state index in [0.29, 0.717) is 12.5 Å². The highest BCUT2D eigenvalue weighted by atomic mass is 16.5. The topological polar surface area (TPSA) is 34.1 Å². The van der Waals surface area contributed by atoms with Gasteiger partial charge in [0.1, 0.15) is 5.75 Å². The molecule has 1 aromatic heterocycles. The van der Waals surface area contributed by atoms with E-state index in [9.17, 15) is 0 Å². The molecule has 0 aliphatic rings. The van der Waals surface area contributed by atoms with Crippen molar-refractivity contribution in [2.45, 2.75) is 34.6 Å². The lowest BCUT2D eigenvalue weighted by molar-refractivity contribution is 0.174. The molecule has 0 saturated heterocycles. The van der Waals surface area contributed by atoms with Crippen molar-refractivity contribution in [1.82, 2.24) is 10.3 Å². The van der Waals surface area contributed by atoms with Gasteiger partial charge < -0.3 is 10.1 Å². The summed E-state index contributed by atoms with van der Waals surface area (Å²) < 4.78 is 5.86. The Labute approximate surface area is 111 Å². The predicted octanol–water partition coefficient (Wildman–Crippen LogP) is 3.04. The van der Waals surface area contributed by atoms with Gasteiger partial charge in [0.25, 0.3) is 0 Å². The van der Waals surface area contributed by atoms with Gasteiger partial charge in [-0.2, -0.15) is 0 Å². The van der Waals surface area contributed by atoms with Gasteiger partial charge in [-0.25, -0.2) is 0 Å². The fourth-order valence-corrected chi connectivity index (χ4v) is 1.65. The zero-order chi connectivity index (χ0) is 13.6. The summed E-state index contributed by atoms with van der Waals surface area (Å²) in [6.07, 6.45) is 1.79. The number of nitrogens with zero attached hydrogens (tertiary/aromatic N) is 1. The zero-order valence-electron chi connectivity index (χ0n) is 12.3. The SMILES string of the molecule is Cc1ncccc1OCC(C)(C)CNCC(C)C. The Kier molecular flexibility index (Phi) is 5.60. The molecule has 3 nitrogen and oxygen atoms in total. The van der Waals surface area contributed by atoms with E-state index in [1.54, 1.807) is 6.20 Å². The lowest BCUT2D eigenvalue weighted by atomic mass is 9.94. The second-order valence-corrected chi connectivity index (χ2v) is 6.06. The van der Waals surface area contributed by atoms with Gasteiger partial charge >= 0.3 is 0 Å². The summed E-state index contributed by atoms with van der Waals surface area (Å²) in [5.74, 6) is 1.57. The Morgan fingerprint density at radius 1 is 1.39 bits per heavy atom. The van der Waals surface area contributed by atoms with Crippen LogP contribution in [0.25, 0.3) is 0 Å². The van der Waals surface area contributed by atoms with E-state index in [0.717, 1.165) is 24.5 Å². The van der Waals surface area contributed by atoms with Crippen LogP contribution in [0, 0.1) is 18.3 Å². The lowest BCUT2D eigenvalue weighted by Gasteiger charge is -2.26. The maximum atomic E-state index is 5.86. The fourth-order valence-electron chi connectivity index (χ4n) is 1.65. The molecule has 0 aliphatic carbocycles. The van der Waals surface area contributed by atoms with Crippen LogP contribution in [0.3, 0.4) is 0 Å². The number of rotatable bonds is 7. The van der Waals surface area contributed by atoms with Crippen LogP contribution >= 0.6 is 0 Å². The molecule has 1 N–H and O–H groups in total. The second kappa shape index (κ2) is 6.74. The summed E-state index contributed by atoms with van der Waals surface area (Å²) in [7, 11) is 0. The molecule has 0 saturated carbocycles. The molecule has 1 heterocycles. The molecule has 1 rings (SSSR count). The summed E-state index contributed by atoms with van der Waals surface area (Å²) in [6, 6.07) is 3.88. The molecule has 0 spiro atoms.